The zero-order valence-electron chi connectivity index (χ0n) is 14.3. The predicted molar refractivity (Wildman–Crippen MR) is 96.8 cm³/mol. The maximum Gasteiger partial charge on any atom is 0.286 e. The molecule has 0 saturated heterocycles. The summed E-state index contributed by atoms with van der Waals surface area (Å²) in [5, 5.41) is 18.8. The Labute approximate surface area is 148 Å². The summed E-state index contributed by atoms with van der Waals surface area (Å²) in [5.41, 5.74) is 2.54. The molecule has 0 aliphatic carbocycles. The number of ether oxygens (including phenoxy) is 1. The minimum absolute atomic E-state index is 0.264. The monoisotopic (exact) mass is 358 g/mol. The number of hydrogen-bond donors (Lipinski definition) is 2. The van der Waals surface area contributed by atoms with Crippen molar-refractivity contribution in [3.63, 3.8) is 0 Å². The number of benzene rings is 1. The lowest BCUT2D eigenvalue weighted by Crippen LogP contribution is -2.14. The first-order valence-electron chi connectivity index (χ1n) is 7.53. The summed E-state index contributed by atoms with van der Waals surface area (Å²) in [6.45, 7) is 3.83. The topological polar surface area (TPSA) is 94.0 Å². The van der Waals surface area contributed by atoms with Crippen LogP contribution in [0.1, 0.15) is 20.9 Å². The average molecular weight is 358 g/mol. The zero-order valence-corrected chi connectivity index (χ0v) is 15.1. The summed E-state index contributed by atoms with van der Waals surface area (Å²) >= 11 is 1.16. The molecule has 9 heteroatoms. The Bertz CT molecular complexity index is 917. The smallest absolute Gasteiger partial charge is 0.286 e. The molecule has 0 radical (unpaired) electrons. The van der Waals surface area contributed by atoms with Gasteiger partial charge in [0.25, 0.3) is 5.91 Å². The Morgan fingerprint density at radius 3 is 2.72 bits per heavy atom. The van der Waals surface area contributed by atoms with E-state index in [-0.39, 0.29) is 10.9 Å². The third-order valence-electron chi connectivity index (χ3n) is 3.65. The molecule has 0 aliphatic rings. The van der Waals surface area contributed by atoms with Gasteiger partial charge in [-0.1, -0.05) is 17.4 Å². The number of anilines is 3. The Kier molecular flexibility index (Phi) is 4.66. The minimum atomic E-state index is -0.314. The van der Waals surface area contributed by atoms with Crippen LogP contribution in [0, 0.1) is 13.8 Å². The molecule has 0 aliphatic heterocycles. The number of carbonyl (C=O) groups is 1. The summed E-state index contributed by atoms with van der Waals surface area (Å²) in [4.78, 5) is 12.5. The molecule has 1 amide bonds. The molecule has 1 aromatic carbocycles. The van der Waals surface area contributed by atoms with Gasteiger partial charge in [-0.15, -0.1) is 10.2 Å². The SMILES string of the molecule is COc1ccc(C)c(NC(=O)c2nnc(Nc3ccn(C)n3)s2)c1C. The number of aryl methyl sites for hydroxylation is 2. The van der Waals surface area contributed by atoms with Gasteiger partial charge < -0.3 is 15.4 Å². The van der Waals surface area contributed by atoms with E-state index in [0.29, 0.717) is 10.9 Å². The van der Waals surface area contributed by atoms with Gasteiger partial charge in [0, 0.05) is 24.9 Å². The van der Waals surface area contributed by atoms with Gasteiger partial charge in [-0.2, -0.15) is 5.10 Å². The fraction of sp³-hybridized carbons (Fsp3) is 0.250. The van der Waals surface area contributed by atoms with Crippen LogP contribution in [0.25, 0.3) is 0 Å². The van der Waals surface area contributed by atoms with Crippen molar-refractivity contribution in [1.29, 1.82) is 0 Å². The van der Waals surface area contributed by atoms with E-state index in [1.807, 2.05) is 45.3 Å². The summed E-state index contributed by atoms with van der Waals surface area (Å²) in [5.74, 6) is 1.05. The molecule has 2 N–H and O–H groups in total. The van der Waals surface area contributed by atoms with E-state index in [1.54, 1.807) is 11.8 Å². The molecule has 3 aromatic rings. The number of hydrogen-bond acceptors (Lipinski definition) is 7. The van der Waals surface area contributed by atoms with E-state index in [0.717, 1.165) is 33.9 Å². The van der Waals surface area contributed by atoms with Crippen molar-refractivity contribution < 1.29 is 9.53 Å². The quantitative estimate of drug-likeness (QED) is 0.728. The lowest BCUT2D eigenvalue weighted by Gasteiger charge is -2.13. The van der Waals surface area contributed by atoms with Gasteiger partial charge in [-0.3, -0.25) is 9.48 Å². The summed E-state index contributed by atoms with van der Waals surface area (Å²) in [6.07, 6.45) is 1.81. The fourth-order valence-corrected chi connectivity index (χ4v) is 3.01. The molecule has 25 heavy (non-hydrogen) atoms. The van der Waals surface area contributed by atoms with E-state index < -0.39 is 0 Å². The maximum atomic E-state index is 12.5. The molecular formula is C16H18N6O2S. The van der Waals surface area contributed by atoms with Gasteiger partial charge in [0.05, 0.1) is 12.8 Å². The van der Waals surface area contributed by atoms with E-state index in [4.69, 9.17) is 4.74 Å². The highest BCUT2D eigenvalue weighted by Crippen LogP contribution is 2.29. The van der Waals surface area contributed by atoms with Crippen LogP contribution in [0.15, 0.2) is 24.4 Å². The molecule has 0 bridgehead atoms. The molecular weight excluding hydrogens is 340 g/mol. The lowest BCUT2D eigenvalue weighted by molar-refractivity contribution is 0.102. The number of carbonyl (C=O) groups excluding carboxylic acids is 1. The van der Waals surface area contributed by atoms with Crippen molar-refractivity contribution in [3.8, 4) is 5.75 Å². The van der Waals surface area contributed by atoms with Crippen molar-refractivity contribution in [1.82, 2.24) is 20.0 Å². The van der Waals surface area contributed by atoms with Crippen molar-refractivity contribution in [2.45, 2.75) is 13.8 Å². The van der Waals surface area contributed by atoms with Gasteiger partial charge in [0.2, 0.25) is 10.1 Å². The Hall–Kier alpha value is -2.94. The molecule has 2 aromatic heterocycles. The number of rotatable bonds is 5. The van der Waals surface area contributed by atoms with E-state index in [2.05, 4.69) is 25.9 Å². The molecule has 130 valence electrons. The van der Waals surface area contributed by atoms with Crippen molar-refractivity contribution in [3.05, 3.63) is 40.5 Å². The van der Waals surface area contributed by atoms with Gasteiger partial charge in [0.1, 0.15) is 5.75 Å². The molecule has 0 saturated carbocycles. The number of aromatic nitrogens is 4. The molecule has 8 nitrogen and oxygen atoms in total. The molecule has 0 fully saturated rings. The first kappa shape index (κ1) is 16.9. The average Bonchev–Trinajstić information content (AvgIpc) is 3.21. The highest BCUT2D eigenvalue weighted by Gasteiger charge is 2.17. The number of nitrogens with zero attached hydrogens (tertiary/aromatic N) is 4. The highest BCUT2D eigenvalue weighted by atomic mass is 32.1. The Morgan fingerprint density at radius 2 is 2.04 bits per heavy atom. The molecule has 3 rings (SSSR count). The summed E-state index contributed by atoms with van der Waals surface area (Å²) in [7, 11) is 3.42. The Balaban J connectivity index is 1.76. The minimum Gasteiger partial charge on any atom is -0.496 e. The number of methoxy groups -OCH3 is 1. The zero-order chi connectivity index (χ0) is 18.0. The summed E-state index contributed by atoms with van der Waals surface area (Å²) < 4.78 is 6.98. The second kappa shape index (κ2) is 6.89. The van der Waals surface area contributed by atoms with E-state index in [9.17, 15) is 4.79 Å². The first-order chi connectivity index (χ1) is 12.0. The van der Waals surface area contributed by atoms with Crippen LogP contribution in [0.4, 0.5) is 16.6 Å². The normalized spacial score (nSPS) is 10.6. The van der Waals surface area contributed by atoms with Crippen molar-refractivity contribution in [2.24, 2.45) is 7.05 Å². The fourth-order valence-electron chi connectivity index (χ4n) is 2.37. The molecule has 0 spiro atoms. The first-order valence-corrected chi connectivity index (χ1v) is 8.35. The number of amides is 1. The number of nitrogens with one attached hydrogen (secondary N) is 2. The van der Waals surface area contributed by atoms with Crippen LogP contribution < -0.4 is 15.4 Å². The van der Waals surface area contributed by atoms with Gasteiger partial charge in [0.15, 0.2) is 5.82 Å². The van der Waals surface area contributed by atoms with Crippen molar-refractivity contribution in [2.75, 3.05) is 17.7 Å². The molecule has 0 unspecified atom stereocenters. The van der Waals surface area contributed by atoms with Crippen LogP contribution in [-0.4, -0.2) is 33.0 Å². The van der Waals surface area contributed by atoms with Crippen LogP contribution in [0.5, 0.6) is 5.75 Å². The van der Waals surface area contributed by atoms with Crippen LogP contribution in [-0.2, 0) is 7.05 Å². The van der Waals surface area contributed by atoms with Crippen molar-refractivity contribution >= 4 is 33.9 Å². The van der Waals surface area contributed by atoms with Gasteiger partial charge in [-0.05, 0) is 25.5 Å². The van der Waals surface area contributed by atoms with E-state index >= 15 is 0 Å². The largest absolute Gasteiger partial charge is 0.496 e. The second-order valence-corrected chi connectivity index (χ2v) is 6.43. The standard InChI is InChI=1S/C16H18N6O2S/c1-9-5-6-11(24-4)10(2)13(9)18-14(23)15-19-20-16(25-15)17-12-7-8-22(3)21-12/h5-8H,1-4H3,(H,18,23)(H,17,20,21). The maximum absolute atomic E-state index is 12.5. The van der Waals surface area contributed by atoms with Crippen LogP contribution in [0.2, 0.25) is 0 Å². The molecule has 2 heterocycles. The lowest BCUT2D eigenvalue weighted by atomic mass is 10.1. The Morgan fingerprint density at radius 1 is 1.24 bits per heavy atom. The van der Waals surface area contributed by atoms with Gasteiger partial charge in [-0.25, -0.2) is 0 Å². The van der Waals surface area contributed by atoms with Crippen LogP contribution in [0.3, 0.4) is 0 Å². The van der Waals surface area contributed by atoms with Crippen LogP contribution >= 0.6 is 11.3 Å². The molecule has 0 atom stereocenters. The predicted octanol–water partition coefficient (Wildman–Crippen LogP) is 2.89. The third kappa shape index (κ3) is 3.61. The third-order valence-corrected chi connectivity index (χ3v) is 4.49. The van der Waals surface area contributed by atoms with E-state index in [1.165, 1.54) is 0 Å². The second-order valence-electron chi connectivity index (χ2n) is 5.45. The van der Waals surface area contributed by atoms with Gasteiger partial charge >= 0.3 is 0 Å². The highest BCUT2D eigenvalue weighted by molar-refractivity contribution is 7.17. The summed E-state index contributed by atoms with van der Waals surface area (Å²) in [6, 6.07) is 5.58.